The normalized spacial score (nSPS) is 11.4. The van der Waals surface area contributed by atoms with Crippen LogP contribution in [0, 0.1) is 20.8 Å². The minimum Gasteiger partial charge on any atom is -0.381 e. The molecule has 17 heavy (non-hydrogen) atoms. The topological polar surface area (TPSA) is 49.3 Å². The molecule has 1 aromatic rings. The van der Waals surface area contributed by atoms with Crippen LogP contribution in [0.4, 0.5) is 0 Å². The van der Waals surface area contributed by atoms with Crippen LogP contribution >= 0.6 is 0 Å². The second-order valence-electron chi connectivity index (χ2n) is 5.10. The van der Waals surface area contributed by atoms with E-state index in [1.165, 1.54) is 25.0 Å². The average molecular weight is 235 g/mol. The molecule has 0 heterocycles. The van der Waals surface area contributed by atoms with Crippen LogP contribution in [0.3, 0.4) is 0 Å². The summed E-state index contributed by atoms with van der Waals surface area (Å²) in [5.41, 5.74) is 3.38. The average Bonchev–Trinajstić information content (AvgIpc) is 2.19. The van der Waals surface area contributed by atoms with Crippen molar-refractivity contribution in [2.45, 2.75) is 46.8 Å². The van der Waals surface area contributed by atoms with Crippen LogP contribution in [0.1, 0.15) is 36.1 Å². The summed E-state index contributed by atoms with van der Waals surface area (Å²) in [5.74, 6) is -0.352. The molecule has 3 nitrogen and oxygen atoms in total. The molecule has 0 radical (unpaired) electrons. The number of nitrogens with one attached hydrogen (secondary N) is 1. The third-order valence-electron chi connectivity index (χ3n) is 2.95. The lowest BCUT2D eigenvalue weighted by Gasteiger charge is -2.17. The van der Waals surface area contributed by atoms with Gasteiger partial charge in [-0.15, -0.1) is 0 Å². The highest BCUT2D eigenvalue weighted by Crippen LogP contribution is 2.15. The quantitative estimate of drug-likeness (QED) is 0.842. The van der Waals surface area contributed by atoms with Crippen LogP contribution < -0.4 is 5.32 Å². The van der Waals surface area contributed by atoms with Gasteiger partial charge in [0, 0.05) is 6.54 Å². The number of carbonyl (C=O) groups excluding carboxylic acids is 1. The Morgan fingerprint density at radius 1 is 1.18 bits per heavy atom. The lowest BCUT2D eigenvalue weighted by molar-refractivity contribution is -0.136. The van der Waals surface area contributed by atoms with E-state index in [4.69, 9.17) is 0 Å². The fourth-order valence-corrected chi connectivity index (χ4v) is 1.60. The molecule has 1 amide bonds. The number of hydrogen-bond acceptors (Lipinski definition) is 2. The molecule has 2 N–H and O–H groups in total. The minimum atomic E-state index is -1.33. The van der Waals surface area contributed by atoms with Crippen LogP contribution in [-0.2, 0) is 11.3 Å². The molecule has 1 aromatic carbocycles. The van der Waals surface area contributed by atoms with Gasteiger partial charge in [0.25, 0.3) is 5.91 Å². The van der Waals surface area contributed by atoms with Crippen molar-refractivity contribution in [1.82, 2.24) is 5.32 Å². The highest BCUT2D eigenvalue weighted by Gasteiger charge is 2.23. The van der Waals surface area contributed by atoms with Crippen LogP contribution in [0.5, 0.6) is 0 Å². The Morgan fingerprint density at radius 3 is 2.24 bits per heavy atom. The SMILES string of the molecule is Cc1cc(C)c(CNC(=O)C(C)(C)O)cc1C. The van der Waals surface area contributed by atoms with Gasteiger partial charge in [0.1, 0.15) is 5.60 Å². The number of carbonyl (C=O) groups is 1. The van der Waals surface area contributed by atoms with Crippen molar-refractivity contribution in [2.75, 3.05) is 0 Å². The van der Waals surface area contributed by atoms with Crippen LogP contribution in [-0.4, -0.2) is 16.6 Å². The zero-order chi connectivity index (χ0) is 13.2. The maximum Gasteiger partial charge on any atom is 0.251 e. The van der Waals surface area contributed by atoms with Gasteiger partial charge in [0.2, 0.25) is 0 Å². The van der Waals surface area contributed by atoms with E-state index in [1.807, 2.05) is 6.92 Å². The first kappa shape index (κ1) is 13.7. The number of benzene rings is 1. The van der Waals surface area contributed by atoms with E-state index < -0.39 is 5.60 Å². The zero-order valence-corrected chi connectivity index (χ0v) is 11.2. The molecule has 0 aliphatic heterocycles. The van der Waals surface area contributed by atoms with Crippen molar-refractivity contribution >= 4 is 5.91 Å². The monoisotopic (exact) mass is 235 g/mol. The molecule has 0 saturated carbocycles. The molecule has 0 aliphatic rings. The van der Waals surface area contributed by atoms with Crippen molar-refractivity contribution < 1.29 is 9.90 Å². The highest BCUT2D eigenvalue weighted by molar-refractivity contribution is 5.83. The van der Waals surface area contributed by atoms with E-state index in [1.54, 1.807) is 0 Å². The maximum absolute atomic E-state index is 11.5. The van der Waals surface area contributed by atoms with Crippen molar-refractivity contribution in [1.29, 1.82) is 0 Å². The Kier molecular flexibility index (Phi) is 3.94. The Bertz CT molecular complexity index is 431. The fraction of sp³-hybridized carbons (Fsp3) is 0.500. The van der Waals surface area contributed by atoms with E-state index in [2.05, 4.69) is 31.3 Å². The lowest BCUT2D eigenvalue weighted by Crippen LogP contribution is -2.41. The molecule has 3 heteroatoms. The molecule has 0 unspecified atom stereocenters. The second-order valence-corrected chi connectivity index (χ2v) is 5.10. The second kappa shape index (κ2) is 4.88. The number of aryl methyl sites for hydroxylation is 3. The highest BCUT2D eigenvalue weighted by atomic mass is 16.3. The standard InChI is InChI=1S/C14H21NO2/c1-9-6-11(3)12(7-10(9)2)8-15-13(16)14(4,5)17/h6-7,17H,8H2,1-5H3,(H,15,16). The van der Waals surface area contributed by atoms with Gasteiger partial charge in [-0.3, -0.25) is 4.79 Å². The molecule has 0 bridgehead atoms. The summed E-state index contributed by atoms with van der Waals surface area (Å²) in [4.78, 5) is 11.5. The van der Waals surface area contributed by atoms with Gasteiger partial charge in [0.15, 0.2) is 0 Å². The molecular formula is C14H21NO2. The van der Waals surface area contributed by atoms with E-state index in [9.17, 15) is 9.90 Å². The molecule has 0 saturated heterocycles. The van der Waals surface area contributed by atoms with Crippen molar-refractivity contribution in [3.8, 4) is 0 Å². The number of rotatable bonds is 3. The predicted octanol–water partition coefficient (Wildman–Crippen LogP) is 2.00. The van der Waals surface area contributed by atoms with E-state index >= 15 is 0 Å². The molecule has 94 valence electrons. The molecule has 0 spiro atoms. The predicted molar refractivity (Wildman–Crippen MR) is 68.8 cm³/mol. The zero-order valence-electron chi connectivity index (χ0n) is 11.2. The van der Waals surface area contributed by atoms with E-state index in [0.717, 1.165) is 11.1 Å². The van der Waals surface area contributed by atoms with Gasteiger partial charge in [0.05, 0.1) is 0 Å². The molecule has 1 rings (SSSR count). The summed E-state index contributed by atoms with van der Waals surface area (Å²) in [7, 11) is 0. The summed E-state index contributed by atoms with van der Waals surface area (Å²) in [6.07, 6.45) is 0. The van der Waals surface area contributed by atoms with Crippen molar-refractivity contribution in [2.24, 2.45) is 0 Å². The van der Waals surface area contributed by atoms with E-state index in [0.29, 0.717) is 6.54 Å². The van der Waals surface area contributed by atoms with Crippen LogP contribution in [0.15, 0.2) is 12.1 Å². The molecule has 0 aromatic heterocycles. The maximum atomic E-state index is 11.5. The van der Waals surface area contributed by atoms with Crippen LogP contribution in [0.2, 0.25) is 0 Å². The first-order valence-corrected chi connectivity index (χ1v) is 5.79. The van der Waals surface area contributed by atoms with E-state index in [-0.39, 0.29) is 5.91 Å². The third kappa shape index (κ3) is 3.56. The fourth-order valence-electron chi connectivity index (χ4n) is 1.60. The summed E-state index contributed by atoms with van der Waals surface area (Å²) < 4.78 is 0. The largest absolute Gasteiger partial charge is 0.381 e. The number of hydrogen-bond donors (Lipinski definition) is 2. The van der Waals surface area contributed by atoms with Crippen molar-refractivity contribution in [3.63, 3.8) is 0 Å². The molecule has 0 aliphatic carbocycles. The summed E-state index contributed by atoms with van der Waals surface area (Å²) in [6.45, 7) is 9.57. The molecular weight excluding hydrogens is 214 g/mol. The Morgan fingerprint density at radius 2 is 1.71 bits per heavy atom. The van der Waals surface area contributed by atoms with Gasteiger partial charge >= 0.3 is 0 Å². The van der Waals surface area contributed by atoms with Crippen LogP contribution in [0.25, 0.3) is 0 Å². The lowest BCUT2D eigenvalue weighted by atomic mass is 10.0. The van der Waals surface area contributed by atoms with Gasteiger partial charge in [-0.05, 0) is 56.9 Å². The van der Waals surface area contributed by atoms with Gasteiger partial charge in [-0.2, -0.15) is 0 Å². The third-order valence-corrected chi connectivity index (χ3v) is 2.95. The Labute approximate surface area is 103 Å². The Hall–Kier alpha value is -1.35. The van der Waals surface area contributed by atoms with Gasteiger partial charge < -0.3 is 10.4 Å². The summed E-state index contributed by atoms with van der Waals surface area (Å²) >= 11 is 0. The smallest absolute Gasteiger partial charge is 0.251 e. The van der Waals surface area contributed by atoms with Crippen molar-refractivity contribution in [3.05, 3.63) is 34.4 Å². The number of amides is 1. The Balaban J connectivity index is 2.77. The van der Waals surface area contributed by atoms with Gasteiger partial charge in [-0.25, -0.2) is 0 Å². The molecule has 0 fully saturated rings. The summed E-state index contributed by atoms with van der Waals surface area (Å²) in [6, 6.07) is 4.19. The summed E-state index contributed by atoms with van der Waals surface area (Å²) in [5, 5.41) is 12.3. The molecule has 0 atom stereocenters. The minimum absolute atomic E-state index is 0.352. The first-order valence-electron chi connectivity index (χ1n) is 5.79. The van der Waals surface area contributed by atoms with Gasteiger partial charge in [-0.1, -0.05) is 12.1 Å². The first-order chi connectivity index (χ1) is 7.71. The number of aliphatic hydroxyl groups is 1.